The first-order valence-electron chi connectivity index (χ1n) is 7.44. The smallest absolute Gasteiger partial charge is 0.224 e. The number of aryl methyl sites for hydroxylation is 1. The Labute approximate surface area is 124 Å². The molecule has 0 atom stereocenters. The largest absolute Gasteiger partial charge is 0.469 e. The second-order valence-corrected chi connectivity index (χ2v) is 5.48. The molecular weight excluding hydrogens is 264 g/mol. The zero-order valence-corrected chi connectivity index (χ0v) is 12.0. The number of hydrogen-bond acceptors (Lipinski definition) is 3. The Hall–Kier alpha value is -2.07. The highest BCUT2D eigenvalue weighted by Crippen LogP contribution is 2.20. The van der Waals surface area contributed by atoms with Crippen LogP contribution in [0.15, 0.2) is 47.1 Å². The molecule has 0 bridgehead atoms. The lowest BCUT2D eigenvalue weighted by Crippen LogP contribution is -2.16. The van der Waals surface area contributed by atoms with Crippen molar-refractivity contribution in [3.8, 4) is 0 Å². The van der Waals surface area contributed by atoms with Crippen molar-refractivity contribution in [1.29, 1.82) is 0 Å². The topological polar surface area (TPSA) is 54.3 Å². The van der Waals surface area contributed by atoms with Gasteiger partial charge in [-0.25, -0.2) is 0 Å². The Morgan fingerprint density at radius 3 is 2.90 bits per heavy atom. The first-order valence-corrected chi connectivity index (χ1v) is 7.44. The summed E-state index contributed by atoms with van der Waals surface area (Å²) in [5.74, 6) is 0.853. The monoisotopic (exact) mass is 284 g/mol. The molecule has 4 nitrogen and oxygen atoms in total. The molecule has 4 heteroatoms. The number of furan rings is 1. The van der Waals surface area contributed by atoms with Gasteiger partial charge in [-0.15, -0.1) is 0 Å². The number of carbonyl (C=O) groups excluding carboxylic acids is 1. The maximum Gasteiger partial charge on any atom is 0.224 e. The molecule has 3 rings (SSSR count). The molecular formula is C17H20N2O2. The molecule has 0 saturated heterocycles. The maximum atomic E-state index is 11.9. The summed E-state index contributed by atoms with van der Waals surface area (Å²) in [6.45, 7) is 0.862. The van der Waals surface area contributed by atoms with Crippen LogP contribution in [0.4, 0.5) is 5.69 Å². The predicted octanol–water partition coefficient (Wildman–Crippen LogP) is 3.10. The third kappa shape index (κ3) is 4.46. The lowest BCUT2D eigenvalue weighted by atomic mass is 10.2. The summed E-state index contributed by atoms with van der Waals surface area (Å²) in [6, 6.07) is 12.4. The van der Waals surface area contributed by atoms with Gasteiger partial charge in [-0.2, -0.15) is 0 Å². The molecule has 1 fully saturated rings. The van der Waals surface area contributed by atoms with E-state index in [2.05, 4.69) is 16.7 Å². The summed E-state index contributed by atoms with van der Waals surface area (Å²) in [5, 5.41) is 6.41. The molecule has 0 unspecified atom stereocenters. The standard InChI is InChI=1S/C17H20N2O2/c20-17(9-8-16-5-2-10-21-16)19-15-4-1-3-13(11-15)12-18-14-6-7-14/h1-5,10-11,14,18H,6-9,12H2,(H,19,20). The molecule has 1 aliphatic rings. The number of benzene rings is 1. The maximum absolute atomic E-state index is 11.9. The van der Waals surface area contributed by atoms with Gasteiger partial charge in [-0.05, 0) is 42.7 Å². The van der Waals surface area contributed by atoms with Crippen molar-refractivity contribution < 1.29 is 9.21 Å². The molecule has 0 aliphatic heterocycles. The van der Waals surface area contributed by atoms with Crippen LogP contribution in [0.25, 0.3) is 0 Å². The van der Waals surface area contributed by atoms with E-state index < -0.39 is 0 Å². The Kier molecular flexibility index (Phi) is 4.36. The second-order valence-electron chi connectivity index (χ2n) is 5.48. The molecule has 0 radical (unpaired) electrons. The van der Waals surface area contributed by atoms with Crippen LogP contribution in [0.3, 0.4) is 0 Å². The fraction of sp³-hybridized carbons (Fsp3) is 0.353. The van der Waals surface area contributed by atoms with E-state index in [1.807, 2.05) is 30.3 Å². The van der Waals surface area contributed by atoms with Gasteiger partial charge in [0.2, 0.25) is 5.91 Å². The quantitative estimate of drug-likeness (QED) is 0.821. The van der Waals surface area contributed by atoms with Crippen LogP contribution in [0, 0.1) is 0 Å². The Morgan fingerprint density at radius 2 is 2.14 bits per heavy atom. The van der Waals surface area contributed by atoms with Crippen LogP contribution >= 0.6 is 0 Å². The average Bonchev–Trinajstić information content (AvgIpc) is 3.17. The Morgan fingerprint density at radius 1 is 1.24 bits per heavy atom. The van der Waals surface area contributed by atoms with E-state index >= 15 is 0 Å². The first kappa shape index (κ1) is 13.9. The van der Waals surface area contributed by atoms with Gasteiger partial charge in [-0.1, -0.05) is 12.1 Å². The van der Waals surface area contributed by atoms with Gasteiger partial charge in [0.05, 0.1) is 6.26 Å². The first-order chi connectivity index (χ1) is 10.3. The van der Waals surface area contributed by atoms with Crippen LogP contribution < -0.4 is 10.6 Å². The van der Waals surface area contributed by atoms with E-state index in [0.717, 1.165) is 18.0 Å². The molecule has 2 N–H and O–H groups in total. The predicted molar refractivity (Wildman–Crippen MR) is 82.0 cm³/mol. The molecule has 1 aromatic heterocycles. The van der Waals surface area contributed by atoms with Crippen molar-refractivity contribution >= 4 is 11.6 Å². The molecule has 1 aliphatic carbocycles. The Balaban J connectivity index is 1.48. The van der Waals surface area contributed by atoms with Gasteiger partial charge in [0.1, 0.15) is 5.76 Å². The number of anilines is 1. The van der Waals surface area contributed by atoms with E-state index in [9.17, 15) is 4.79 Å². The third-order valence-electron chi connectivity index (χ3n) is 3.56. The highest BCUT2D eigenvalue weighted by atomic mass is 16.3. The van der Waals surface area contributed by atoms with Crippen molar-refractivity contribution in [3.63, 3.8) is 0 Å². The minimum atomic E-state index is 0.0127. The summed E-state index contributed by atoms with van der Waals surface area (Å²) in [6.07, 6.45) is 5.25. The van der Waals surface area contributed by atoms with Crippen LogP contribution in [-0.2, 0) is 17.8 Å². The summed E-state index contributed by atoms with van der Waals surface area (Å²) >= 11 is 0. The molecule has 21 heavy (non-hydrogen) atoms. The highest BCUT2D eigenvalue weighted by Gasteiger charge is 2.19. The highest BCUT2D eigenvalue weighted by molar-refractivity contribution is 5.90. The van der Waals surface area contributed by atoms with Crippen molar-refractivity contribution in [1.82, 2.24) is 5.32 Å². The van der Waals surface area contributed by atoms with Crippen LogP contribution in [0.1, 0.15) is 30.6 Å². The summed E-state index contributed by atoms with van der Waals surface area (Å²) < 4.78 is 5.23. The van der Waals surface area contributed by atoms with Crippen LogP contribution in [-0.4, -0.2) is 11.9 Å². The summed E-state index contributed by atoms with van der Waals surface area (Å²) in [7, 11) is 0. The molecule has 110 valence electrons. The van der Waals surface area contributed by atoms with E-state index in [1.54, 1.807) is 6.26 Å². The normalized spacial score (nSPS) is 14.1. The number of hydrogen-bond donors (Lipinski definition) is 2. The molecule has 1 aromatic carbocycles. The van der Waals surface area contributed by atoms with E-state index in [0.29, 0.717) is 18.9 Å². The van der Waals surface area contributed by atoms with Gasteiger partial charge in [0.15, 0.2) is 0 Å². The number of rotatable bonds is 7. The van der Waals surface area contributed by atoms with Gasteiger partial charge >= 0.3 is 0 Å². The van der Waals surface area contributed by atoms with E-state index in [-0.39, 0.29) is 5.91 Å². The van der Waals surface area contributed by atoms with Crippen molar-refractivity contribution in [2.24, 2.45) is 0 Å². The molecule has 0 spiro atoms. The van der Waals surface area contributed by atoms with Gasteiger partial charge in [-0.3, -0.25) is 4.79 Å². The van der Waals surface area contributed by atoms with Crippen molar-refractivity contribution in [2.45, 2.75) is 38.3 Å². The summed E-state index contributed by atoms with van der Waals surface area (Å²) in [5.41, 5.74) is 2.06. The van der Waals surface area contributed by atoms with Crippen LogP contribution in [0.5, 0.6) is 0 Å². The number of carbonyl (C=O) groups is 1. The molecule has 1 amide bonds. The summed E-state index contributed by atoms with van der Waals surface area (Å²) in [4.78, 5) is 11.9. The zero-order chi connectivity index (χ0) is 14.5. The minimum absolute atomic E-state index is 0.0127. The van der Waals surface area contributed by atoms with E-state index in [4.69, 9.17) is 4.42 Å². The minimum Gasteiger partial charge on any atom is -0.469 e. The molecule has 1 saturated carbocycles. The average molecular weight is 284 g/mol. The second kappa shape index (κ2) is 6.59. The Bertz CT molecular complexity index is 589. The number of amides is 1. The van der Waals surface area contributed by atoms with Crippen LogP contribution in [0.2, 0.25) is 0 Å². The SMILES string of the molecule is O=C(CCc1ccco1)Nc1cccc(CNC2CC2)c1. The zero-order valence-electron chi connectivity index (χ0n) is 12.0. The van der Waals surface area contributed by atoms with Crippen molar-refractivity contribution in [2.75, 3.05) is 5.32 Å². The molecule has 1 heterocycles. The van der Waals surface area contributed by atoms with Gasteiger partial charge in [0, 0.05) is 31.1 Å². The van der Waals surface area contributed by atoms with Gasteiger partial charge in [0.25, 0.3) is 0 Å². The molecule has 2 aromatic rings. The number of nitrogens with one attached hydrogen (secondary N) is 2. The fourth-order valence-corrected chi connectivity index (χ4v) is 2.22. The van der Waals surface area contributed by atoms with Crippen molar-refractivity contribution in [3.05, 3.63) is 54.0 Å². The van der Waals surface area contributed by atoms with E-state index in [1.165, 1.54) is 18.4 Å². The fourth-order valence-electron chi connectivity index (χ4n) is 2.22. The van der Waals surface area contributed by atoms with Gasteiger partial charge < -0.3 is 15.1 Å². The lowest BCUT2D eigenvalue weighted by molar-refractivity contribution is -0.116. The third-order valence-corrected chi connectivity index (χ3v) is 3.56. The lowest BCUT2D eigenvalue weighted by Gasteiger charge is -2.08.